The quantitative estimate of drug-likeness (QED) is 0.286. The van der Waals surface area contributed by atoms with E-state index in [9.17, 15) is 19.1 Å². The van der Waals surface area contributed by atoms with E-state index in [0.717, 1.165) is 0 Å². The molecule has 1 amide bonds. The van der Waals surface area contributed by atoms with Gasteiger partial charge in [0.25, 0.3) is 0 Å². The molecule has 2 atom stereocenters. The molecule has 1 aliphatic heterocycles. The number of primary amides is 1. The van der Waals surface area contributed by atoms with Crippen LogP contribution in [0.15, 0.2) is 54.7 Å². The molecule has 0 unspecified atom stereocenters. The van der Waals surface area contributed by atoms with Crippen molar-refractivity contribution in [3.05, 3.63) is 82.4 Å². The molecular weight excluding hydrogens is 537 g/mol. The maximum atomic E-state index is 13.6. The van der Waals surface area contributed by atoms with Crippen LogP contribution >= 0.6 is 11.6 Å². The molecule has 0 saturated carbocycles. The van der Waals surface area contributed by atoms with Crippen LogP contribution in [0.25, 0.3) is 22.2 Å². The van der Waals surface area contributed by atoms with Crippen LogP contribution in [0.2, 0.25) is 5.02 Å². The van der Waals surface area contributed by atoms with Crippen molar-refractivity contribution in [1.82, 2.24) is 9.97 Å². The first-order chi connectivity index (χ1) is 18.9. The van der Waals surface area contributed by atoms with Crippen molar-refractivity contribution < 1.29 is 28.6 Å². The molecule has 5 rings (SSSR count). The van der Waals surface area contributed by atoms with Crippen LogP contribution in [-0.2, 0) is 15.8 Å². The van der Waals surface area contributed by atoms with Crippen LogP contribution in [0.3, 0.4) is 0 Å². The lowest BCUT2D eigenvalue weighted by Crippen LogP contribution is -2.40. The molecule has 2 aromatic carbocycles. The number of aliphatic hydroxyl groups is 1. The highest BCUT2D eigenvalue weighted by molar-refractivity contribution is 6.31. The van der Waals surface area contributed by atoms with Crippen molar-refractivity contribution in [2.24, 2.45) is 5.73 Å². The number of amides is 1. The van der Waals surface area contributed by atoms with E-state index in [2.05, 4.69) is 9.97 Å². The Morgan fingerprint density at radius 1 is 1.23 bits per heavy atom. The van der Waals surface area contributed by atoms with E-state index in [1.54, 1.807) is 38.1 Å². The van der Waals surface area contributed by atoms with Crippen LogP contribution < -0.4 is 15.2 Å². The Morgan fingerprint density at radius 2 is 1.95 bits per heavy atom. The molecule has 4 aromatic rings. The van der Waals surface area contributed by atoms with E-state index in [4.69, 9.17) is 26.8 Å². The number of hydrogen-bond donors (Lipinski definition) is 2. The SMILES string of the molecule is COc1cc(C(=O)CC[C@](C)(O)c2cc3c(c(-c4ccc(F)cc4)n2)OC[C@]3(C)C(N)=O)cc2cc(Cl)cnc12. The number of rotatable bonds is 8. The minimum Gasteiger partial charge on any atom is -0.494 e. The first kappa shape index (κ1) is 27.5. The number of aromatic nitrogens is 2. The Labute approximate surface area is 234 Å². The highest BCUT2D eigenvalue weighted by Crippen LogP contribution is 2.46. The zero-order valence-electron chi connectivity index (χ0n) is 22.1. The van der Waals surface area contributed by atoms with Gasteiger partial charge in [0.15, 0.2) is 5.78 Å². The fraction of sp³-hybridized carbons (Fsp3) is 0.267. The third-order valence-electron chi connectivity index (χ3n) is 7.38. The van der Waals surface area contributed by atoms with Crippen LogP contribution in [0.4, 0.5) is 4.39 Å². The first-order valence-electron chi connectivity index (χ1n) is 12.6. The number of carbonyl (C=O) groups is 2. The number of ether oxygens (including phenoxy) is 2. The van der Waals surface area contributed by atoms with Gasteiger partial charge in [-0.15, -0.1) is 0 Å². The number of pyridine rings is 2. The van der Waals surface area contributed by atoms with Gasteiger partial charge in [0.05, 0.1) is 17.8 Å². The summed E-state index contributed by atoms with van der Waals surface area (Å²) in [7, 11) is 1.49. The second-order valence-corrected chi connectivity index (χ2v) is 10.8. The zero-order chi connectivity index (χ0) is 28.8. The number of halogens is 2. The lowest BCUT2D eigenvalue weighted by Gasteiger charge is -2.26. The number of Topliss-reactive ketones (excluding diaryl/α,β-unsaturated/α-hetero) is 1. The maximum absolute atomic E-state index is 13.6. The molecule has 3 N–H and O–H groups in total. The summed E-state index contributed by atoms with van der Waals surface area (Å²) in [5.74, 6) is -0.472. The Morgan fingerprint density at radius 3 is 2.62 bits per heavy atom. The van der Waals surface area contributed by atoms with Gasteiger partial charge in [-0.05, 0) is 68.8 Å². The van der Waals surface area contributed by atoms with Crippen LogP contribution in [-0.4, -0.2) is 40.5 Å². The third kappa shape index (κ3) is 4.87. The van der Waals surface area contributed by atoms with Gasteiger partial charge in [-0.25, -0.2) is 9.37 Å². The molecule has 1 aliphatic rings. The first-order valence-corrected chi connectivity index (χ1v) is 12.9. The zero-order valence-corrected chi connectivity index (χ0v) is 22.9. The average molecular weight is 564 g/mol. The average Bonchev–Trinajstić information content (AvgIpc) is 3.28. The van der Waals surface area contributed by atoms with E-state index < -0.39 is 22.7 Å². The lowest BCUT2D eigenvalue weighted by molar-refractivity contribution is -0.123. The van der Waals surface area contributed by atoms with E-state index in [0.29, 0.717) is 49.8 Å². The predicted octanol–water partition coefficient (Wildman–Crippen LogP) is 5.10. The molecule has 3 heterocycles. The molecule has 0 spiro atoms. The number of hydrogen-bond acceptors (Lipinski definition) is 7. The van der Waals surface area contributed by atoms with E-state index in [1.165, 1.54) is 37.6 Å². The molecule has 0 fully saturated rings. The minimum absolute atomic E-state index is 0.000291. The summed E-state index contributed by atoms with van der Waals surface area (Å²) >= 11 is 6.09. The molecule has 2 aromatic heterocycles. The van der Waals surface area contributed by atoms with E-state index in [-0.39, 0.29) is 30.9 Å². The molecule has 0 saturated heterocycles. The van der Waals surface area contributed by atoms with E-state index >= 15 is 0 Å². The van der Waals surface area contributed by atoms with Gasteiger partial charge in [0.2, 0.25) is 5.91 Å². The number of nitrogens with zero attached hydrogens (tertiary/aromatic N) is 2. The minimum atomic E-state index is -1.58. The Balaban J connectivity index is 1.50. The Kier molecular flexibility index (Phi) is 6.97. The van der Waals surface area contributed by atoms with Crippen molar-refractivity contribution >= 4 is 34.2 Å². The fourth-order valence-electron chi connectivity index (χ4n) is 4.80. The predicted molar refractivity (Wildman–Crippen MR) is 148 cm³/mol. The van der Waals surface area contributed by atoms with E-state index in [1.807, 2.05) is 0 Å². The highest BCUT2D eigenvalue weighted by atomic mass is 35.5. The summed E-state index contributed by atoms with van der Waals surface area (Å²) in [5, 5.41) is 12.6. The van der Waals surface area contributed by atoms with Gasteiger partial charge in [-0.2, -0.15) is 0 Å². The van der Waals surface area contributed by atoms with Gasteiger partial charge in [0, 0.05) is 34.7 Å². The molecule has 10 heteroatoms. The molecule has 206 valence electrons. The molecule has 40 heavy (non-hydrogen) atoms. The summed E-state index contributed by atoms with van der Waals surface area (Å²) in [6.07, 6.45) is 1.50. The maximum Gasteiger partial charge on any atom is 0.231 e. The van der Waals surface area contributed by atoms with Crippen LogP contribution in [0.1, 0.15) is 48.3 Å². The van der Waals surface area contributed by atoms with Gasteiger partial charge in [-0.3, -0.25) is 14.6 Å². The molecule has 0 radical (unpaired) electrons. The smallest absolute Gasteiger partial charge is 0.231 e. The monoisotopic (exact) mass is 563 g/mol. The Hall–Kier alpha value is -4.08. The van der Waals surface area contributed by atoms with Gasteiger partial charge < -0.3 is 20.3 Å². The number of methoxy groups -OCH3 is 1. The number of benzene rings is 2. The van der Waals surface area contributed by atoms with Crippen molar-refractivity contribution in [2.75, 3.05) is 13.7 Å². The van der Waals surface area contributed by atoms with Gasteiger partial charge in [-0.1, -0.05) is 11.6 Å². The summed E-state index contributed by atoms with van der Waals surface area (Å²) in [6, 6.07) is 12.2. The fourth-order valence-corrected chi connectivity index (χ4v) is 4.97. The van der Waals surface area contributed by atoms with Crippen molar-refractivity contribution in [3.8, 4) is 22.8 Å². The summed E-state index contributed by atoms with van der Waals surface area (Å²) in [4.78, 5) is 34.6. The number of ketones is 1. The lowest BCUT2D eigenvalue weighted by atomic mass is 9.81. The molecule has 0 aliphatic carbocycles. The number of fused-ring (bicyclic) bond motifs is 2. The van der Waals surface area contributed by atoms with Gasteiger partial charge >= 0.3 is 0 Å². The summed E-state index contributed by atoms with van der Waals surface area (Å²) < 4.78 is 24.9. The van der Waals surface area contributed by atoms with Crippen molar-refractivity contribution in [1.29, 1.82) is 0 Å². The standard InChI is InChI=1S/C30H27ClFN3O5/c1-29(28(33)37)15-40-27-21(29)13-24(35-26(27)16-4-6-20(32)7-5-16)30(2,38)9-8-22(36)17-10-18-11-19(31)14-34-25(18)23(12-17)39-3/h4-7,10-14,38H,8-9,15H2,1-3H3,(H2,33,37)/t29-,30-/m0/s1. The van der Waals surface area contributed by atoms with Crippen molar-refractivity contribution in [2.45, 2.75) is 37.7 Å². The molecule has 8 nitrogen and oxygen atoms in total. The molecular formula is C30H27ClFN3O5. The van der Waals surface area contributed by atoms with Crippen LogP contribution in [0.5, 0.6) is 11.5 Å². The summed E-state index contributed by atoms with van der Waals surface area (Å²) in [6.45, 7) is 3.21. The largest absolute Gasteiger partial charge is 0.494 e. The topological polar surface area (TPSA) is 125 Å². The second-order valence-electron chi connectivity index (χ2n) is 10.3. The third-order valence-corrected chi connectivity index (χ3v) is 7.59. The second kappa shape index (κ2) is 10.1. The Bertz CT molecular complexity index is 1660. The van der Waals surface area contributed by atoms with Gasteiger partial charge in [0.1, 0.15) is 46.1 Å². The summed E-state index contributed by atoms with van der Waals surface area (Å²) in [5.41, 5.74) is 5.52. The highest BCUT2D eigenvalue weighted by Gasteiger charge is 2.45. The van der Waals surface area contributed by atoms with Crippen LogP contribution in [0, 0.1) is 5.82 Å². The van der Waals surface area contributed by atoms with Crippen molar-refractivity contribution in [3.63, 3.8) is 0 Å². The normalized spacial score (nSPS) is 17.6. The number of carbonyl (C=O) groups excluding carboxylic acids is 2. The molecule has 0 bridgehead atoms. The number of nitrogens with two attached hydrogens (primary N) is 1.